The van der Waals surface area contributed by atoms with Crippen LogP contribution in [0.4, 0.5) is 24.5 Å². The number of benzene rings is 2. The zero-order valence-electron chi connectivity index (χ0n) is 13.5. The van der Waals surface area contributed by atoms with E-state index in [4.69, 9.17) is 9.47 Å². The Kier molecular flexibility index (Phi) is 4.39. The Morgan fingerprint density at radius 1 is 0.920 bits per heavy atom. The fraction of sp³-hybridized carbons (Fsp3) is 0.167. The van der Waals surface area contributed by atoms with Crippen LogP contribution in [0.25, 0.3) is 10.9 Å². The average molecular weight is 348 g/mol. The van der Waals surface area contributed by atoms with E-state index in [1.54, 1.807) is 24.3 Å². The molecule has 0 aliphatic carbocycles. The monoisotopic (exact) mass is 348 g/mol. The molecule has 1 N–H and O–H groups in total. The van der Waals surface area contributed by atoms with Gasteiger partial charge in [0.15, 0.2) is 0 Å². The molecule has 0 atom stereocenters. The molecule has 0 unspecified atom stereocenters. The largest absolute Gasteiger partial charge is 0.497 e. The van der Waals surface area contributed by atoms with Crippen LogP contribution >= 0.6 is 0 Å². The summed E-state index contributed by atoms with van der Waals surface area (Å²) < 4.78 is 49.5. The highest BCUT2D eigenvalue weighted by molar-refractivity contribution is 5.94. The number of aromatic nitrogens is 1. The first kappa shape index (κ1) is 16.9. The van der Waals surface area contributed by atoms with Crippen molar-refractivity contribution in [2.45, 2.75) is 6.18 Å². The number of hydrogen-bond donors (Lipinski definition) is 1. The van der Waals surface area contributed by atoms with Crippen LogP contribution in [0.2, 0.25) is 0 Å². The molecule has 7 heteroatoms. The molecule has 130 valence electrons. The van der Waals surface area contributed by atoms with Crippen molar-refractivity contribution >= 4 is 22.3 Å². The minimum Gasteiger partial charge on any atom is -0.497 e. The minimum absolute atomic E-state index is 0.363. The van der Waals surface area contributed by atoms with Crippen LogP contribution in [0.5, 0.6) is 11.5 Å². The molecule has 25 heavy (non-hydrogen) atoms. The van der Waals surface area contributed by atoms with E-state index >= 15 is 0 Å². The van der Waals surface area contributed by atoms with Crippen molar-refractivity contribution in [2.75, 3.05) is 19.5 Å². The standard InChI is InChI=1S/C18H15F3N2O2/c1-24-12-4-6-17(25-2)16(10-12)23-15-7-8-22-14-5-3-11(9-13(14)15)18(19,20)21/h3-10H,1-2H3,(H,22,23). The molecule has 0 bridgehead atoms. The van der Waals surface area contributed by atoms with Crippen LogP contribution in [-0.2, 0) is 6.18 Å². The third kappa shape index (κ3) is 3.45. The van der Waals surface area contributed by atoms with E-state index in [0.29, 0.717) is 33.8 Å². The lowest BCUT2D eigenvalue weighted by molar-refractivity contribution is -0.137. The van der Waals surface area contributed by atoms with Gasteiger partial charge in [-0.1, -0.05) is 0 Å². The highest BCUT2D eigenvalue weighted by Gasteiger charge is 2.30. The third-order valence-corrected chi connectivity index (χ3v) is 3.74. The number of alkyl halides is 3. The first-order valence-electron chi connectivity index (χ1n) is 7.37. The van der Waals surface area contributed by atoms with Crippen LogP contribution in [0, 0.1) is 0 Å². The summed E-state index contributed by atoms with van der Waals surface area (Å²) in [7, 11) is 3.04. The van der Waals surface area contributed by atoms with E-state index in [9.17, 15) is 13.2 Å². The minimum atomic E-state index is -4.42. The van der Waals surface area contributed by atoms with Crippen LogP contribution in [0.15, 0.2) is 48.7 Å². The Balaban J connectivity index is 2.10. The molecular weight excluding hydrogens is 333 g/mol. The second kappa shape index (κ2) is 6.51. The second-order valence-electron chi connectivity index (χ2n) is 5.28. The molecular formula is C18H15F3N2O2. The summed E-state index contributed by atoms with van der Waals surface area (Å²) in [6.07, 6.45) is -2.89. The van der Waals surface area contributed by atoms with E-state index in [1.165, 1.54) is 26.5 Å². The lowest BCUT2D eigenvalue weighted by Gasteiger charge is -2.15. The molecule has 0 radical (unpaired) electrons. The summed E-state index contributed by atoms with van der Waals surface area (Å²) >= 11 is 0. The van der Waals surface area contributed by atoms with Crippen LogP contribution in [0.1, 0.15) is 5.56 Å². The number of anilines is 2. The molecule has 4 nitrogen and oxygen atoms in total. The van der Waals surface area contributed by atoms with Crippen molar-refractivity contribution in [1.82, 2.24) is 4.98 Å². The molecule has 0 fully saturated rings. The first-order chi connectivity index (χ1) is 11.9. The van der Waals surface area contributed by atoms with Crippen molar-refractivity contribution in [3.05, 3.63) is 54.2 Å². The van der Waals surface area contributed by atoms with Gasteiger partial charge in [-0.3, -0.25) is 4.98 Å². The van der Waals surface area contributed by atoms with Gasteiger partial charge in [-0.25, -0.2) is 0 Å². The van der Waals surface area contributed by atoms with E-state index in [1.807, 2.05) is 0 Å². The number of nitrogens with one attached hydrogen (secondary N) is 1. The summed E-state index contributed by atoms with van der Waals surface area (Å²) in [4.78, 5) is 4.12. The summed E-state index contributed by atoms with van der Waals surface area (Å²) in [5, 5.41) is 3.47. The Labute approximate surface area is 142 Å². The molecule has 2 aromatic carbocycles. The number of ether oxygens (including phenoxy) is 2. The van der Waals surface area contributed by atoms with Gasteiger partial charge in [0.25, 0.3) is 0 Å². The number of pyridine rings is 1. The second-order valence-corrected chi connectivity index (χ2v) is 5.28. The molecule has 0 saturated carbocycles. The number of fused-ring (bicyclic) bond motifs is 1. The molecule has 0 saturated heterocycles. The SMILES string of the molecule is COc1ccc(OC)c(Nc2ccnc3ccc(C(F)(F)F)cc23)c1. The molecule has 0 spiro atoms. The van der Waals surface area contributed by atoms with Gasteiger partial charge in [0.1, 0.15) is 11.5 Å². The lowest BCUT2D eigenvalue weighted by Crippen LogP contribution is -2.05. The van der Waals surface area contributed by atoms with Gasteiger partial charge in [0.05, 0.1) is 31.0 Å². The maximum atomic E-state index is 13.0. The predicted octanol–water partition coefficient (Wildman–Crippen LogP) is 5.01. The molecule has 0 amide bonds. The highest BCUT2D eigenvalue weighted by atomic mass is 19.4. The number of nitrogens with zero attached hydrogens (tertiary/aromatic N) is 1. The van der Waals surface area contributed by atoms with Crippen molar-refractivity contribution in [3.63, 3.8) is 0 Å². The van der Waals surface area contributed by atoms with Crippen molar-refractivity contribution in [1.29, 1.82) is 0 Å². The molecule has 1 heterocycles. The zero-order valence-corrected chi connectivity index (χ0v) is 13.5. The van der Waals surface area contributed by atoms with Gasteiger partial charge < -0.3 is 14.8 Å². The molecule has 0 aliphatic heterocycles. The topological polar surface area (TPSA) is 43.4 Å². The van der Waals surface area contributed by atoms with Crippen LogP contribution in [-0.4, -0.2) is 19.2 Å². The average Bonchev–Trinajstić information content (AvgIpc) is 2.60. The van der Waals surface area contributed by atoms with Gasteiger partial charge >= 0.3 is 6.18 Å². The van der Waals surface area contributed by atoms with E-state index in [-0.39, 0.29) is 0 Å². The molecule has 3 aromatic rings. The summed E-state index contributed by atoms with van der Waals surface area (Å²) in [5.41, 5.74) is 0.794. The van der Waals surface area contributed by atoms with Gasteiger partial charge in [-0.15, -0.1) is 0 Å². The number of hydrogen-bond acceptors (Lipinski definition) is 4. The lowest BCUT2D eigenvalue weighted by atomic mass is 10.1. The molecule has 3 rings (SSSR count). The number of methoxy groups -OCH3 is 2. The third-order valence-electron chi connectivity index (χ3n) is 3.74. The fourth-order valence-corrected chi connectivity index (χ4v) is 2.49. The zero-order chi connectivity index (χ0) is 18.0. The molecule has 0 aliphatic rings. The first-order valence-corrected chi connectivity index (χ1v) is 7.37. The summed E-state index contributed by atoms with van der Waals surface area (Å²) in [6, 6.07) is 10.2. The summed E-state index contributed by atoms with van der Waals surface area (Å²) in [6.45, 7) is 0. The van der Waals surface area contributed by atoms with Crippen molar-refractivity contribution < 1.29 is 22.6 Å². The highest BCUT2D eigenvalue weighted by Crippen LogP contribution is 2.36. The predicted molar refractivity (Wildman–Crippen MR) is 89.6 cm³/mol. The number of rotatable bonds is 4. The summed E-state index contributed by atoms with van der Waals surface area (Å²) in [5.74, 6) is 1.13. The van der Waals surface area contributed by atoms with Gasteiger partial charge in [0, 0.05) is 23.3 Å². The van der Waals surface area contributed by atoms with E-state index in [0.717, 1.165) is 12.1 Å². The van der Waals surface area contributed by atoms with Gasteiger partial charge in [-0.05, 0) is 36.4 Å². The van der Waals surface area contributed by atoms with Crippen molar-refractivity contribution in [3.8, 4) is 11.5 Å². The smallest absolute Gasteiger partial charge is 0.416 e. The van der Waals surface area contributed by atoms with Gasteiger partial charge in [0.2, 0.25) is 0 Å². The fourth-order valence-electron chi connectivity index (χ4n) is 2.49. The number of halogens is 3. The van der Waals surface area contributed by atoms with Crippen LogP contribution in [0.3, 0.4) is 0 Å². The maximum absolute atomic E-state index is 13.0. The van der Waals surface area contributed by atoms with Crippen molar-refractivity contribution in [2.24, 2.45) is 0 Å². The van der Waals surface area contributed by atoms with Gasteiger partial charge in [-0.2, -0.15) is 13.2 Å². The van der Waals surface area contributed by atoms with Crippen LogP contribution < -0.4 is 14.8 Å². The Hall–Kier alpha value is -2.96. The maximum Gasteiger partial charge on any atom is 0.416 e. The normalized spacial score (nSPS) is 11.4. The quantitative estimate of drug-likeness (QED) is 0.719. The Morgan fingerprint density at radius 2 is 1.72 bits per heavy atom. The Morgan fingerprint density at radius 3 is 2.40 bits per heavy atom. The van der Waals surface area contributed by atoms with E-state index in [2.05, 4.69) is 10.3 Å². The van der Waals surface area contributed by atoms with E-state index < -0.39 is 11.7 Å². The Bertz CT molecular complexity index is 910. The molecule has 1 aromatic heterocycles.